The molecule has 16 nitrogen and oxygen atoms in total. The summed E-state index contributed by atoms with van der Waals surface area (Å²) in [6.07, 6.45) is -0.430. The maximum atomic E-state index is 15.0. The van der Waals surface area contributed by atoms with Crippen LogP contribution in [-0.4, -0.2) is 167 Å². The van der Waals surface area contributed by atoms with Gasteiger partial charge in [0.05, 0.1) is 72.2 Å². The molecule has 0 aromatic carbocycles. The number of aliphatic hydroxyl groups is 2. The van der Waals surface area contributed by atoms with E-state index in [1.54, 1.807) is 20.1 Å². The average Bonchev–Trinajstić information content (AvgIpc) is 3.28. The normalized spacial score (nSPS) is 41.4. The summed E-state index contributed by atoms with van der Waals surface area (Å²) >= 11 is 0. The molecule has 4 rings (SSSR count). The van der Waals surface area contributed by atoms with Gasteiger partial charge in [-0.05, 0) is 141 Å². The third kappa shape index (κ3) is 16.6. The largest absolute Gasteiger partial charge is 0.459 e. The van der Waals surface area contributed by atoms with Crippen molar-refractivity contribution in [3.05, 3.63) is 12.7 Å². The topological polar surface area (TPSA) is 175 Å². The Morgan fingerprint density at radius 2 is 1.48 bits per heavy atom. The Balaban J connectivity index is 2.04. The number of esters is 1. The van der Waals surface area contributed by atoms with Crippen molar-refractivity contribution in [3.8, 4) is 0 Å². The van der Waals surface area contributed by atoms with Crippen LogP contribution < -0.4 is 0 Å². The minimum Gasteiger partial charge on any atom is -0.459 e. The van der Waals surface area contributed by atoms with E-state index in [1.165, 1.54) is 6.92 Å². The highest BCUT2D eigenvalue weighted by molar-refractivity contribution is 6.70. The highest BCUT2D eigenvalue weighted by atomic mass is 28.4. The zero-order valence-electron chi connectivity index (χ0n) is 49.3. The van der Waals surface area contributed by atoms with Gasteiger partial charge in [0.25, 0.3) is 0 Å². The van der Waals surface area contributed by atoms with E-state index in [2.05, 4.69) is 71.8 Å². The molecule has 0 amide bonds. The maximum absolute atomic E-state index is 15.0. The summed E-state index contributed by atoms with van der Waals surface area (Å²) in [5.74, 6) is -4.51. The van der Waals surface area contributed by atoms with Crippen LogP contribution in [-0.2, 0) is 56.4 Å². The van der Waals surface area contributed by atoms with Gasteiger partial charge >= 0.3 is 5.97 Å². The van der Waals surface area contributed by atoms with Gasteiger partial charge in [-0.15, -0.1) is 6.58 Å². The Morgan fingerprint density at radius 1 is 0.863 bits per heavy atom. The van der Waals surface area contributed by atoms with Gasteiger partial charge in [-0.2, -0.15) is 0 Å². The molecule has 0 bridgehead atoms. The van der Waals surface area contributed by atoms with Crippen LogP contribution in [0.25, 0.3) is 0 Å². The summed E-state index contributed by atoms with van der Waals surface area (Å²) < 4.78 is 68.6. The van der Waals surface area contributed by atoms with Crippen molar-refractivity contribution in [1.82, 2.24) is 4.90 Å². The van der Waals surface area contributed by atoms with E-state index in [-0.39, 0.29) is 43.8 Å². The van der Waals surface area contributed by atoms with Crippen LogP contribution in [0, 0.1) is 23.7 Å². The van der Waals surface area contributed by atoms with Gasteiger partial charge in [0.1, 0.15) is 17.8 Å². The van der Waals surface area contributed by atoms with Crippen LogP contribution in [0.2, 0.25) is 39.3 Å². The van der Waals surface area contributed by atoms with Crippen molar-refractivity contribution in [2.45, 2.75) is 276 Å². The SMILES string of the molecule is C=CCO[C@@]1(C)C[C@@H](C)/C(=N\OC2(OC(C)C)CCCCC2)[C@@H](C)[C@@H](O)[C@](C)(O)[C@H](CC)OC(=O)[C@H](C)[C@@H](OC2C[C@@](C)(OC)[C@@H](O[Si](C)(C)C)[C@H](C)O2)[C@H](C)[C@H]1O[C@@H]1O[C@H](C)C[C@H](N(C)C)[C@H]1O[Si](C)(C)C. The number of methoxy groups -OCH3 is 1. The standard InChI is InChI=1S/C55H104N2O14Si2/c1-23-30-62-53(12)32-35(5)44(56-71-55(68-34(3)4)28-26-25-27-29-55)37(7)47(58)54(13,60)42(24-2)65-50(59)39(9)45(66-43-33-52(11,61-16)49(40(10)64-43)70-73(20,21)22)38(8)48(53)67-51-46(69-72(17,18)19)41(57(14)15)31-36(6)63-51/h23,34-43,45-49,51,58,60H,1,24-33H2,2-22H3/b56-44+/t35-,36-,37-,38+,39-,40+,41+,42+,43?,45+,46-,47-,48-,49+,51+,52-,53+,54-/m1/s1. The van der Waals surface area contributed by atoms with E-state index < -0.39 is 118 Å². The quantitative estimate of drug-likeness (QED) is 0.0436. The number of likely N-dealkylation sites (N-methyl/N-ethyl adjacent to an activating group) is 1. The second kappa shape index (κ2) is 26.1. The van der Waals surface area contributed by atoms with Crippen LogP contribution in [0.15, 0.2) is 17.8 Å². The van der Waals surface area contributed by atoms with Crippen molar-refractivity contribution in [2.24, 2.45) is 28.8 Å². The lowest BCUT2D eigenvalue weighted by Crippen LogP contribution is -2.63. The number of hydrogen-bond acceptors (Lipinski definition) is 16. The van der Waals surface area contributed by atoms with Crippen LogP contribution in [0.5, 0.6) is 0 Å². The predicted molar refractivity (Wildman–Crippen MR) is 290 cm³/mol. The smallest absolute Gasteiger partial charge is 0.311 e. The predicted octanol–water partition coefficient (Wildman–Crippen LogP) is 9.60. The summed E-state index contributed by atoms with van der Waals surface area (Å²) in [4.78, 5) is 23.9. The highest BCUT2D eigenvalue weighted by Crippen LogP contribution is 2.44. The molecule has 73 heavy (non-hydrogen) atoms. The molecule has 0 aromatic heterocycles. The van der Waals surface area contributed by atoms with Gasteiger partial charge in [0.2, 0.25) is 5.79 Å². The Labute approximate surface area is 443 Å². The molecule has 426 valence electrons. The van der Waals surface area contributed by atoms with Gasteiger partial charge in [0, 0.05) is 50.2 Å². The molecule has 1 aliphatic carbocycles. The Bertz CT molecular complexity index is 1770. The molecule has 1 unspecified atom stereocenters. The number of aliphatic hydroxyl groups excluding tert-OH is 1. The number of carbonyl (C=O) groups excluding carboxylic acids is 1. The van der Waals surface area contributed by atoms with Crippen LogP contribution in [0.3, 0.4) is 0 Å². The van der Waals surface area contributed by atoms with Crippen LogP contribution in [0.4, 0.5) is 0 Å². The number of carbonyl (C=O) groups is 1. The van der Waals surface area contributed by atoms with E-state index >= 15 is 4.79 Å². The van der Waals surface area contributed by atoms with Gasteiger partial charge in [0.15, 0.2) is 29.2 Å². The first kappa shape index (κ1) is 64.2. The number of rotatable bonds is 18. The minimum absolute atomic E-state index is 0.0539. The first-order valence-electron chi connectivity index (χ1n) is 27.7. The second-order valence-electron chi connectivity index (χ2n) is 25.3. The average molecular weight is 1070 g/mol. The van der Waals surface area contributed by atoms with Crippen LogP contribution in [0.1, 0.15) is 141 Å². The van der Waals surface area contributed by atoms with E-state index in [0.717, 1.165) is 25.7 Å². The molecule has 18 atom stereocenters. The first-order valence-corrected chi connectivity index (χ1v) is 34.5. The van der Waals surface area contributed by atoms with Crippen molar-refractivity contribution in [3.63, 3.8) is 0 Å². The molecule has 3 heterocycles. The third-order valence-electron chi connectivity index (χ3n) is 15.7. The lowest BCUT2D eigenvalue weighted by molar-refractivity contribution is -0.317. The maximum Gasteiger partial charge on any atom is 0.311 e. The molecule has 3 aliphatic heterocycles. The fraction of sp³-hybridized carbons (Fsp3) is 0.927. The Morgan fingerprint density at radius 3 is 2.01 bits per heavy atom. The Kier molecular flexibility index (Phi) is 22.9. The second-order valence-corrected chi connectivity index (χ2v) is 34.2. The molecule has 2 N–H and O–H groups in total. The van der Waals surface area contributed by atoms with Crippen molar-refractivity contribution in [1.29, 1.82) is 0 Å². The number of cyclic esters (lactones) is 1. The van der Waals surface area contributed by atoms with Gasteiger partial charge in [-0.3, -0.25) is 4.79 Å². The highest BCUT2D eigenvalue weighted by Gasteiger charge is 2.55. The van der Waals surface area contributed by atoms with Crippen molar-refractivity contribution < 1.29 is 66.6 Å². The number of nitrogens with zero attached hydrogens (tertiary/aromatic N) is 2. The lowest BCUT2D eigenvalue weighted by Gasteiger charge is -2.52. The molecule has 0 aromatic rings. The van der Waals surface area contributed by atoms with E-state index in [1.807, 2.05) is 62.3 Å². The van der Waals surface area contributed by atoms with E-state index in [9.17, 15) is 10.2 Å². The molecular formula is C55H104N2O14Si2. The van der Waals surface area contributed by atoms with E-state index in [4.69, 9.17) is 56.7 Å². The zero-order valence-corrected chi connectivity index (χ0v) is 51.3. The van der Waals surface area contributed by atoms with Gasteiger partial charge in [-0.1, -0.05) is 45.3 Å². The van der Waals surface area contributed by atoms with Gasteiger partial charge in [-0.25, -0.2) is 0 Å². The summed E-state index contributed by atoms with van der Waals surface area (Å²) in [6, 6.07) is -0.0539. The van der Waals surface area contributed by atoms with Crippen molar-refractivity contribution in [2.75, 3.05) is 27.8 Å². The molecule has 3 saturated heterocycles. The molecule has 0 spiro atoms. The number of hydrogen-bond donors (Lipinski definition) is 2. The van der Waals surface area contributed by atoms with Crippen LogP contribution >= 0.6 is 0 Å². The molecule has 1 saturated carbocycles. The summed E-state index contributed by atoms with van der Waals surface area (Å²) in [6.45, 7) is 40.2. The van der Waals surface area contributed by atoms with Crippen molar-refractivity contribution >= 4 is 28.3 Å². The molecule has 0 radical (unpaired) electrons. The molecular weight excluding hydrogens is 969 g/mol. The molecule has 4 aliphatic rings. The molecule has 18 heteroatoms. The lowest BCUT2D eigenvalue weighted by atomic mass is 9.73. The summed E-state index contributed by atoms with van der Waals surface area (Å²) in [5.41, 5.74) is -3.49. The fourth-order valence-electron chi connectivity index (χ4n) is 12.0. The first-order chi connectivity index (χ1) is 33.7. The number of ether oxygens (including phenoxy) is 8. The summed E-state index contributed by atoms with van der Waals surface area (Å²) in [5, 5.41) is 30.0. The monoisotopic (exact) mass is 1070 g/mol. The van der Waals surface area contributed by atoms with Gasteiger partial charge < -0.3 is 66.7 Å². The Hall–Kier alpha value is -1.37. The summed E-state index contributed by atoms with van der Waals surface area (Å²) in [7, 11) is 1.49. The zero-order chi connectivity index (χ0) is 55.2. The minimum atomic E-state index is -2.23. The fourth-order valence-corrected chi connectivity index (χ4v) is 14.2. The molecule has 4 fully saturated rings. The number of oxime groups is 1. The van der Waals surface area contributed by atoms with E-state index in [0.29, 0.717) is 25.0 Å². The third-order valence-corrected chi connectivity index (χ3v) is 17.6.